The monoisotopic (exact) mass is 366 g/mol. The normalized spacial score (nSPS) is 13.2. The molecule has 21 heavy (non-hydrogen) atoms. The Kier molecular flexibility index (Phi) is 5.54. The maximum atomic E-state index is 12.2. The Bertz CT molecular complexity index is 581. The van der Waals surface area contributed by atoms with Crippen LogP contribution in [-0.4, -0.2) is 23.2 Å². The molecule has 0 radical (unpaired) electrons. The van der Waals surface area contributed by atoms with E-state index in [-0.39, 0.29) is 11.3 Å². The van der Waals surface area contributed by atoms with Crippen LogP contribution in [0.5, 0.6) is 5.75 Å². The van der Waals surface area contributed by atoms with Crippen LogP contribution in [0.1, 0.15) is 22.9 Å². The molecule has 0 aliphatic carbocycles. The standard InChI is InChI=1S/C13H10BrF3O4/c1-7(18)12(14)10-6-9(21-13(15,16)17)4-2-8(10)3-5-11(19)20/h2-6,12H,1H3,(H,19,20). The maximum absolute atomic E-state index is 12.2. The van der Waals surface area contributed by atoms with Crippen molar-refractivity contribution in [2.45, 2.75) is 18.1 Å². The highest BCUT2D eigenvalue weighted by atomic mass is 79.9. The van der Waals surface area contributed by atoms with Crippen molar-refractivity contribution in [3.8, 4) is 5.75 Å². The molecular weight excluding hydrogens is 357 g/mol. The van der Waals surface area contributed by atoms with E-state index < -0.39 is 22.9 Å². The summed E-state index contributed by atoms with van der Waals surface area (Å²) < 4.78 is 40.4. The van der Waals surface area contributed by atoms with E-state index in [4.69, 9.17) is 5.11 Å². The molecule has 0 aromatic heterocycles. The van der Waals surface area contributed by atoms with Crippen molar-refractivity contribution in [3.63, 3.8) is 0 Å². The highest BCUT2D eigenvalue weighted by molar-refractivity contribution is 9.09. The van der Waals surface area contributed by atoms with Crippen molar-refractivity contribution in [1.29, 1.82) is 0 Å². The summed E-state index contributed by atoms with van der Waals surface area (Å²) in [6.07, 6.45) is -2.84. The Balaban J connectivity index is 3.26. The van der Waals surface area contributed by atoms with Crippen molar-refractivity contribution in [2.75, 3.05) is 0 Å². The van der Waals surface area contributed by atoms with E-state index in [0.717, 1.165) is 18.2 Å². The Morgan fingerprint density at radius 3 is 2.48 bits per heavy atom. The number of ether oxygens (including phenoxy) is 1. The first-order chi connectivity index (χ1) is 9.60. The van der Waals surface area contributed by atoms with Crippen molar-refractivity contribution < 1.29 is 32.6 Å². The van der Waals surface area contributed by atoms with E-state index >= 15 is 0 Å². The summed E-state index contributed by atoms with van der Waals surface area (Å²) in [5, 5.41) is 8.58. The van der Waals surface area contributed by atoms with E-state index in [1.54, 1.807) is 0 Å². The molecule has 0 aliphatic rings. The van der Waals surface area contributed by atoms with Gasteiger partial charge in [0.15, 0.2) is 0 Å². The molecule has 1 aromatic carbocycles. The van der Waals surface area contributed by atoms with Gasteiger partial charge in [-0.25, -0.2) is 4.79 Å². The molecule has 114 valence electrons. The fourth-order valence-electron chi connectivity index (χ4n) is 1.50. The highest BCUT2D eigenvalue weighted by Crippen LogP contribution is 2.33. The summed E-state index contributed by atoms with van der Waals surface area (Å²) in [7, 11) is 0. The minimum atomic E-state index is -4.85. The summed E-state index contributed by atoms with van der Waals surface area (Å²) in [4.78, 5) is 21.0. The average Bonchev–Trinajstić information content (AvgIpc) is 2.34. The van der Waals surface area contributed by atoms with E-state index in [1.165, 1.54) is 19.1 Å². The third-order valence-electron chi connectivity index (χ3n) is 2.33. The van der Waals surface area contributed by atoms with Gasteiger partial charge >= 0.3 is 12.3 Å². The van der Waals surface area contributed by atoms with Gasteiger partial charge in [-0.3, -0.25) is 4.79 Å². The Morgan fingerprint density at radius 1 is 1.38 bits per heavy atom. The lowest BCUT2D eigenvalue weighted by molar-refractivity contribution is -0.274. The second kappa shape index (κ2) is 6.75. The molecule has 0 bridgehead atoms. The predicted molar refractivity (Wildman–Crippen MR) is 72.1 cm³/mol. The molecule has 8 heteroatoms. The second-order valence-electron chi connectivity index (χ2n) is 3.98. The molecule has 0 saturated heterocycles. The number of benzene rings is 1. The second-order valence-corrected chi connectivity index (χ2v) is 4.90. The van der Waals surface area contributed by atoms with Crippen LogP contribution in [0.25, 0.3) is 6.08 Å². The maximum Gasteiger partial charge on any atom is 0.573 e. The largest absolute Gasteiger partial charge is 0.573 e. The van der Waals surface area contributed by atoms with Crippen LogP contribution in [0, 0.1) is 0 Å². The Morgan fingerprint density at radius 2 is 2.00 bits per heavy atom. The van der Waals surface area contributed by atoms with Gasteiger partial charge in [0.2, 0.25) is 0 Å². The van der Waals surface area contributed by atoms with Gasteiger partial charge in [-0.2, -0.15) is 0 Å². The zero-order valence-electron chi connectivity index (χ0n) is 10.6. The van der Waals surface area contributed by atoms with Crippen LogP contribution in [0.3, 0.4) is 0 Å². The number of Topliss-reactive ketones (excluding diaryl/α,β-unsaturated/α-hetero) is 1. The predicted octanol–water partition coefficient (Wildman–Crippen LogP) is 3.71. The quantitative estimate of drug-likeness (QED) is 0.637. The summed E-state index contributed by atoms with van der Waals surface area (Å²) >= 11 is 3.05. The molecule has 4 nitrogen and oxygen atoms in total. The third-order valence-corrected chi connectivity index (χ3v) is 3.47. The summed E-state index contributed by atoms with van der Waals surface area (Å²) in [6, 6.07) is 3.32. The molecule has 0 heterocycles. The highest BCUT2D eigenvalue weighted by Gasteiger charge is 2.31. The van der Waals surface area contributed by atoms with Crippen LogP contribution in [0.15, 0.2) is 24.3 Å². The molecule has 1 rings (SSSR count). The van der Waals surface area contributed by atoms with Crippen molar-refractivity contribution in [1.82, 2.24) is 0 Å². The van der Waals surface area contributed by atoms with Crippen molar-refractivity contribution in [2.24, 2.45) is 0 Å². The van der Waals surface area contributed by atoms with Crippen molar-refractivity contribution in [3.05, 3.63) is 35.4 Å². The number of carboxylic acid groups (broad SMARTS) is 1. The Hall–Kier alpha value is -1.83. The van der Waals surface area contributed by atoms with Crippen LogP contribution < -0.4 is 4.74 Å². The van der Waals surface area contributed by atoms with Crippen LogP contribution in [0.4, 0.5) is 13.2 Å². The number of carboxylic acids is 1. The average molecular weight is 367 g/mol. The molecule has 0 amide bonds. The van der Waals surface area contributed by atoms with E-state index in [1.807, 2.05) is 0 Å². The fourth-order valence-corrected chi connectivity index (χ4v) is 1.90. The number of halogens is 4. The molecule has 0 aliphatic heterocycles. The molecule has 1 aromatic rings. The fraction of sp³-hybridized carbons (Fsp3) is 0.231. The van der Waals surface area contributed by atoms with Gasteiger partial charge in [0.05, 0.1) is 4.83 Å². The molecule has 1 unspecified atom stereocenters. The zero-order chi connectivity index (χ0) is 16.2. The van der Waals surface area contributed by atoms with Gasteiger partial charge in [-0.1, -0.05) is 22.0 Å². The number of alkyl halides is 4. The SMILES string of the molecule is CC(=O)C(Br)c1cc(OC(F)(F)F)ccc1C=CC(=O)O. The lowest BCUT2D eigenvalue weighted by Gasteiger charge is -2.14. The lowest BCUT2D eigenvalue weighted by Crippen LogP contribution is -2.17. The molecule has 1 atom stereocenters. The van der Waals surface area contributed by atoms with E-state index in [9.17, 15) is 22.8 Å². The number of carbonyl (C=O) groups is 2. The minimum absolute atomic E-state index is 0.182. The van der Waals surface area contributed by atoms with Crippen molar-refractivity contribution >= 4 is 33.8 Å². The van der Waals surface area contributed by atoms with E-state index in [2.05, 4.69) is 20.7 Å². The first-order valence-electron chi connectivity index (χ1n) is 5.55. The third kappa shape index (κ3) is 5.58. The molecule has 1 N–H and O–H groups in total. The van der Waals surface area contributed by atoms with Crippen LogP contribution in [-0.2, 0) is 9.59 Å². The summed E-state index contributed by atoms with van der Waals surface area (Å²) in [5.41, 5.74) is 0.478. The Labute approximate surface area is 126 Å². The van der Waals surface area contributed by atoms with Gasteiger partial charge in [-0.15, -0.1) is 13.2 Å². The molecular formula is C13H10BrF3O4. The van der Waals surface area contributed by atoms with Crippen LogP contribution >= 0.6 is 15.9 Å². The summed E-state index contributed by atoms with van der Waals surface area (Å²) in [5.74, 6) is -2.05. The molecule has 0 fully saturated rings. The first-order valence-corrected chi connectivity index (χ1v) is 6.47. The molecule has 0 saturated carbocycles. The number of hydrogen-bond acceptors (Lipinski definition) is 3. The van der Waals surface area contributed by atoms with Gasteiger partial charge < -0.3 is 9.84 Å². The van der Waals surface area contributed by atoms with Gasteiger partial charge in [0, 0.05) is 6.08 Å². The number of rotatable bonds is 5. The number of ketones is 1. The first kappa shape index (κ1) is 17.2. The minimum Gasteiger partial charge on any atom is -0.478 e. The van der Waals surface area contributed by atoms with Crippen LogP contribution in [0.2, 0.25) is 0 Å². The topological polar surface area (TPSA) is 63.6 Å². The zero-order valence-corrected chi connectivity index (χ0v) is 12.2. The summed E-state index contributed by atoms with van der Waals surface area (Å²) in [6.45, 7) is 1.25. The van der Waals surface area contributed by atoms with Gasteiger partial charge in [-0.05, 0) is 36.3 Å². The number of hydrogen-bond donors (Lipinski definition) is 1. The lowest BCUT2D eigenvalue weighted by atomic mass is 10.0. The van der Waals surface area contributed by atoms with Gasteiger partial charge in [0.25, 0.3) is 0 Å². The molecule has 0 spiro atoms. The number of aliphatic carboxylic acids is 1. The van der Waals surface area contributed by atoms with Gasteiger partial charge in [0.1, 0.15) is 11.5 Å². The smallest absolute Gasteiger partial charge is 0.478 e. The van der Waals surface area contributed by atoms with E-state index in [0.29, 0.717) is 5.56 Å². The number of carbonyl (C=O) groups excluding carboxylic acids is 1.